The van der Waals surface area contributed by atoms with Gasteiger partial charge in [0.15, 0.2) is 22.5 Å². The molecule has 0 aliphatic carbocycles. The summed E-state index contributed by atoms with van der Waals surface area (Å²) in [5.74, 6) is -3.18. The minimum Gasteiger partial charge on any atom is -0.503 e. The van der Waals surface area contributed by atoms with E-state index in [1.54, 1.807) is 43.3 Å². The largest absolute Gasteiger partial charge is 0.503 e. The number of carbonyl (C=O) groups excluding carboxylic acids is 3. The second-order valence-corrected chi connectivity index (χ2v) is 8.41. The molecule has 0 radical (unpaired) electrons. The van der Waals surface area contributed by atoms with Gasteiger partial charge in [0.05, 0.1) is 16.1 Å². The minimum atomic E-state index is -1.24. The number of ketones is 2. The van der Waals surface area contributed by atoms with Gasteiger partial charge in [0.1, 0.15) is 11.9 Å². The number of rotatable bonds is 6. The summed E-state index contributed by atoms with van der Waals surface area (Å²) < 4.78 is 14.8. The van der Waals surface area contributed by atoms with Crippen LogP contribution in [0.2, 0.25) is 0 Å². The zero-order valence-corrected chi connectivity index (χ0v) is 18.6. The molecule has 1 aromatic heterocycles. The van der Waals surface area contributed by atoms with E-state index in [1.807, 2.05) is 6.07 Å². The molecule has 1 atom stereocenters. The molecule has 1 aliphatic heterocycles. The molecule has 0 fully saturated rings. The Labute approximate surface area is 193 Å². The number of Topliss-reactive ketones (excluding diaryl/α,β-unsaturated/α-hetero) is 1. The molecule has 3 aromatic rings. The molecule has 4 rings (SSSR count). The van der Waals surface area contributed by atoms with E-state index in [2.05, 4.69) is 4.98 Å². The maximum atomic E-state index is 14.8. The van der Waals surface area contributed by atoms with Crippen LogP contribution in [0.4, 0.5) is 9.52 Å². The van der Waals surface area contributed by atoms with Gasteiger partial charge in [0.25, 0.3) is 5.91 Å². The zero-order valence-electron chi connectivity index (χ0n) is 17.8. The monoisotopic (exact) mass is 462 g/mol. The van der Waals surface area contributed by atoms with Gasteiger partial charge in [-0.15, -0.1) is 0 Å². The van der Waals surface area contributed by atoms with Crippen molar-refractivity contribution in [2.24, 2.45) is 0 Å². The van der Waals surface area contributed by atoms with E-state index in [0.717, 1.165) is 21.8 Å². The highest BCUT2D eigenvalue weighted by molar-refractivity contribution is 7.17. The van der Waals surface area contributed by atoms with Gasteiger partial charge >= 0.3 is 0 Å². The summed E-state index contributed by atoms with van der Waals surface area (Å²) in [5.41, 5.74) is 0.931. The summed E-state index contributed by atoms with van der Waals surface area (Å²) >= 11 is 0.954. The quantitative estimate of drug-likeness (QED) is 0.413. The molecule has 1 N–H and O–H groups in total. The Balaban J connectivity index is 1.83. The number of hydrogen-bond acceptors (Lipinski definition) is 6. The first-order valence-electron chi connectivity index (χ1n) is 10.1. The van der Waals surface area contributed by atoms with Crippen molar-refractivity contribution in [3.05, 3.63) is 99.5 Å². The molecule has 2 heterocycles. The van der Waals surface area contributed by atoms with E-state index in [-0.39, 0.29) is 22.1 Å². The lowest BCUT2D eigenvalue weighted by Gasteiger charge is -2.24. The molecule has 1 aliphatic rings. The molecule has 1 amide bonds. The number of allylic oxidation sites excluding steroid dienone is 1. The molecule has 33 heavy (non-hydrogen) atoms. The first kappa shape index (κ1) is 22.3. The predicted molar refractivity (Wildman–Crippen MR) is 124 cm³/mol. The van der Waals surface area contributed by atoms with Crippen molar-refractivity contribution in [3.63, 3.8) is 0 Å². The van der Waals surface area contributed by atoms with Crippen LogP contribution in [0.15, 0.2) is 72.0 Å². The number of halogens is 1. The van der Waals surface area contributed by atoms with Crippen LogP contribution >= 0.6 is 11.3 Å². The molecule has 8 heteroatoms. The first-order valence-corrected chi connectivity index (χ1v) is 10.9. The third-order valence-corrected chi connectivity index (χ3v) is 6.47. The number of nitrogens with zero attached hydrogens (tertiary/aromatic N) is 2. The van der Waals surface area contributed by atoms with Crippen molar-refractivity contribution in [2.45, 2.75) is 19.9 Å². The van der Waals surface area contributed by atoms with E-state index in [4.69, 9.17) is 0 Å². The molecule has 0 saturated carbocycles. The number of hydrogen-bond donors (Lipinski definition) is 1. The Morgan fingerprint density at radius 2 is 1.79 bits per heavy atom. The lowest BCUT2D eigenvalue weighted by atomic mass is 9.95. The number of amides is 1. The van der Waals surface area contributed by atoms with Gasteiger partial charge in [-0.1, -0.05) is 65.9 Å². The van der Waals surface area contributed by atoms with E-state index in [1.165, 1.54) is 31.2 Å². The number of anilines is 1. The molecular formula is C25H19FN2O4S. The topological polar surface area (TPSA) is 87.6 Å². The van der Waals surface area contributed by atoms with Crippen LogP contribution < -0.4 is 4.90 Å². The lowest BCUT2D eigenvalue weighted by Crippen LogP contribution is -2.31. The number of aliphatic hydroxyl groups excluding tert-OH is 1. The first-order chi connectivity index (χ1) is 15.8. The van der Waals surface area contributed by atoms with Crippen molar-refractivity contribution in [3.8, 4) is 0 Å². The maximum absolute atomic E-state index is 14.8. The van der Waals surface area contributed by atoms with Crippen molar-refractivity contribution in [1.82, 2.24) is 4.98 Å². The third-order valence-electron chi connectivity index (χ3n) is 5.21. The summed E-state index contributed by atoms with van der Waals surface area (Å²) in [6.45, 7) is 3.00. The molecule has 0 spiro atoms. The van der Waals surface area contributed by atoms with Crippen molar-refractivity contribution in [1.29, 1.82) is 0 Å². The molecule has 2 aromatic carbocycles. The van der Waals surface area contributed by atoms with E-state index >= 15 is 0 Å². The normalized spacial score (nSPS) is 16.2. The van der Waals surface area contributed by atoms with Crippen molar-refractivity contribution >= 4 is 40.0 Å². The Kier molecular flexibility index (Phi) is 6.02. The summed E-state index contributed by atoms with van der Waals surface area (Å²) in [4.78, 5) is 43.9. The molecule has 166 valence electrons. The Morgan fingerprint density at radius 1 is 1.12 bits per heavy atom. The van der Waals surface area contributed by atoms with Crippen LogP contribution in [0.3, 0.4) is 0 Å². The molecule has 0 bridgehead atoms. The van der Waals surface area contributed by atoms with Gasteiger partial charge in [0, 0.05) is 12.5 Å². The SMILES string of the molecule is CC(=O)c1sc(N2C(=O)C(O)=C(C(=O)/C=C/c3ccccc3)C2c2ccccc2F)nc1C. The highest BCUT2D eigenvalue weighted by atomic mass is 32.1. The van der Waals surface area contributed by atoms with Crippen LogP contribution in [0, 0.1) is 12.7 Å². The van der Waals surface area contributed by atoms with Gasteiger partial charge in [-0.2, -0.15) is 0 Å². The number of aryl methyl sites for hydroxylation is 1. The molecular weight excluding hydrogens is 443 g/mol. The second kappa shape index (κ2) is 8.91. The molecule has 1 unspecified atom stereocenters. The number of carbonyl (C=O) groups is 3. The smallest absolute Gasteiger partial charge is 0.296 e. The lowest BCUT2D eigenvalue weighted by molar-refractivity contribution is -0.117. The summed E-state index contributed by atoms with van der Waals surface area (Å²) in [5, 5.41) is 10.8. The third kappa shape index (κ3) is 4.12. The Morgan fingerprint density at radius 3 is 2.42 bits per heavy atom. The fourth-order valence-electron chi connectivity index (χ4n) is 3.68. The van der Waals surface area contributed by atoms with E-state index in [0.29, 0.717) is 10.6 Å². The predicted octanol–water partition coefficient (Wildman–Crippen LogP) is 4.98. The van der Waals surface area contributed by atoms with Crippen molar-refractivity contribution in [2.75, 3.05) is 4.90 Å². The highest BCUT2D eigenvalue weighted by Crippen LogP contribution is 2.43. The van der Waals surface area contributed by atoms with Gasteiger partial charge in [-0.25, -0.2) is 9.37 Å². The molecule has 6 nitrogen and oxygen atoms in total. The average Bonchev–Trinajstić information content (AvgIpc) is 3.30. The fourth-order valence-corrected chi connectivity index (χ4v) is 4.67. The fraction of sp³-hybridized carbons (Fsp3) is 0.120. The van der Waals surface area contributed by atoms with Crippen LogP contribution in [-0.4, -0.2) is 27.6 Å². The van der Waals surface area contributed by atoms with Gasteiger partial charge in [-0.05, 0) is 24.6 Å². The van der Waals surface area contributed by atoms with E-state index < -0.39 is 29.3 Å². The summed E-state index contributed by atoms with van der Waals surface area (Å²) in [6.07, 6.45) is 2.79. The zero-order chi connectivity index (χ0) is 23.7. The van der Waals surface area contributed by atoms with Gasteiger partial charge in [-0.3, -0.25) is 19.3 Å². The second-order valence-electron chi connectivity index (χ2n) is 7.44. The number of aliphatic hydroxyl groups is 1. The number of benzene rings is 2. The Bertz CT molecular complexity index is 1330. The minimum absolute atomic E-state index is 0.0311. The molecule has 0 saturated heterocycles. The highest BCUT2D eigenvalue weighted by Gasteiger charge is 2.46. The van der Waals surface area contributed by atoms with Gasteiger partial charge in [0.2, 0.25) is 0 Å². The van der Waals surface area contributed by atoms with Crippen LogP contribution in [0.1, 0.15) is 39.5 Å². The van der Waals surface area contributed by atoms with Crippen LogP contribution in [0.5, 0.6) is 0 Å². The number of thiazole rings is 1. The van der Waals surface area contributed by atoms with Crippen LogP contribution in [-0.2, 0) is 9.59 Å². The Hall–Kier alpha value is -3.91. The number of aromatic nitrogens is 1. The standard InChI is InChI=1S/C25H19FN2O4S/c1-14-23(15(2)29)33-25(27-14)28-21(17-10-6-7-11-18(17)26)20(22(31)24(28)32)19(30)13-12-16-8-4-3-5-9-16/h3-13,21,31H,1-2H3/b13-12+. The summed E-state index contributed by atoms with van der Waals surface area (Å²) in [7, 11) is 0. The van der Waals surface area contributed by atoms with E-state index in [9.17, 15) is 23.9 Å². The van der Waals surface area contributed by atoms with Crippen LogP contribution in [0.25, 0.3) is 6.08 Å². The average molecular weight is 463 g/mol. The van der Waals surface area contributed by atoms with Gasteiger partial charge < -0.3 is 5.11 Å². The summed E-state index contributed by atoms with van der Waals surface area (Å²) in [6, 6.07) is 13.5. The maximum Gasteiger partial charge on any atom is 0.296 e. The van der Waals surface area contributed by atoms with Crippen molar-refractivity contribution < 1.29 is 23.9 Å².